The van der Waals surface area contributed by atoms with Crippen LogP contribution < -0.4 is 9.47 Å². The Morgan fingerprint density at radius 3 is 2.82 bits per heavy atom. The van der Waals surface area contributed by atoms with Crippen LogP contribution in [-0.2, 0) is 13.6 Å². The summed E-state index contributed by atoms with van der Waals surface area (Å²) in [5.74, 6) is 2.02. The fraction of sp³-hybridized carbons (Fsp3) is 0.333. The molecule has 146 valence electrons. The van der Waals surface area contributed by atoms with E-state index in [-0.39, 0.29) is 11.9 Å². The summed E-state index contributed by atoms with van der Waals surface area (Å²) in [5.41, 5.74) is 2.77. The Labute approximate surface area is 168 Å². The summed E-state index contributed by atoms with van der Waals surface area (Å²) in [4.78, 5) is 17.0. The van der Waals surface area contributed by atoms with E-state index in [2.05, 4.69) is 9.55 Å². The normalized spacial score (nSPS) is 15.6. The van der Waals surface area contributed by atoms with Crippen LogP contribution in [0.5, 0.6) is 11.5 Å². The van der Waals surface area contributed by atoms with Gasteiger partial charge in [-0.1, -0.05) is 23.9 Å². The predicted octanol–water partition coefficient (Wildman–Crippen LogP) is 3.65. The second-order valence-electron chi connectivity index (χ2n) is 6.93. The number of ketones is 1. The molecule has 0 amide bonds. The maximum Gasteiger partial charge on any atom is 0.175 e. The Bertz CT molecular complexity index is 1010. The third-order valence-electron chi connectivity index (χ3n) is 4.94. The summed E-state index contributed by atoms with van der Waals surface area (Å²) < 4.78 is 16.0. The number of hydrogen-bond acceptors (Lipinski definition) is 5. The molecule has 0 N–H and O–H groups in total. The zero-order valence-corrected chi connectivity index (χ0v) is 17.0. The average molecular weight is 398 g/mol. The van der Waals surface area contributed by atoms with Crippen LogP contribution in [0.4, 0.5) is 0 Å². The van der Waals surface area contributed by atoms with Crippen LogP contribution >= 0.6 is 11.8 Å². The first kappa shape index (κ1) is 18.7. The fourth-order valence-electron chi connectivity index (χ4n) is 3.42. The highest BCUT2D eigenvalue weighted by Crippen LogP contribution is 2.31. The summed E-state index contributed by atoms with van der Waals surface area (Å²) >= 11 is 1.46. The van der Waals surface area contributed by atoms with E-state index < -0.39 is 0 Å². The van der Waals surface area contributed by atoms with E-state index in [1.807, 2.05) is 62.0 Å². The molecule has 1 atom stereocenters. The highest BCUT2D eigenvalue weighted by Gasteiger charge is 2.24. The Hall–Kier alpha value is -2.67. The zero-order chi connectivity index (χ0) is 19.7. The van der Waals surface area contributed by atoms with Crippen LogP contribution in [0, 0.1) is 13.8 Å². The Morgan fingerprint density at radius 2 is 2.07 bits per heavy atom. The SMILES string of the molecule is Cc1cc(C(=O)CSc2nccn2C)c(C)n1CC1COc2ccccc2O1. The van der Waals surface area contributed by atoms with Crippen molar-refractivity contribution in [3.8, 4) is 11.5 Å². The van der Waals surface area contributed by atoms with Crippen molar-refractivity contribution in [2.24, 2.45) is 7.05 Å². The van der Waals surface area contributed by atoms with Crippen LogP contribution in [0.2, 0.25) is 0 Å². The molecule has 3 aromatic rings. The molecule has 1 aliphatic heterocycles. The lowest BCUT2D eigenvalue weighted by atomic mass is 10.2. The van der Waals surface area contributed by atoms with Gasteiger partial charge in [0.1, 0.15) is 6.61 Å². The monoisotopic (exact) mass is 397 g/mol. The number of fused-ring (bicyclic) bond motifs is 1. The van der Waals surface area contributed by atoms with Gasteiger partial charge in [-0.25, -0.2) is 4.98 Å². The molecule has 0 radical (unpaired) electrons. The molecule has 2 aromatic heterocycles. The van der Waals surface area contributed by atoms with Crippen LogP contribution in [0.15, 0.2) is 47.9 Å². The van der Waals surface area contributed by atoms with Crippen molar-refractivity contribution in [2.45, 2.75) is 31.7 Å². The molecule has 0 fully saturated rings. The Kier molecular flexibility index (Phi) is 5.17. The molecule has 6 nitrogen and oxygen atoms in total. The number of hydrogen-bond donors (Lipinski definition) is 0. The number of para-hydroxylation sites is 2. The second kappa shape index (κ2) is 7.75. The highest BCUT2D eigenvalue weighted by atomic mass is 32.2. The minimum Gasteiger partial charge on any atom is -0.486 e. The summed E-state index contributed by atoms with van der Waals surface area (Å²) in [7, 11) is 1.93. The van der Waals surface area contributed by atoms with Crippen molar-refractivity contribution < 1.29 is 14.3 Å². The number of nitrogens with zero attached hydrogens (tertiary/aromatic N) is 3. The van der Waals surface area contributed by atoms with Gasteiger partial charge < -0.3 is 18.6 Å². The lowest BCUT2D eigenvalue weighted by Gasteiger charge is -2.27. The number of carbonyl (C=O) groups excluding carboxylic acids is 1. The van der Waals surface area contributed by atoms with E-state index in [1.54, 1.807) is 6.20 Å². The summed E-state index contributed by atoms with van der Waals surface area (Å²) in [5, 5.41) is 0.841. The molecule has 0 aliphatic carbocycles. The number of Topliss-reactive ketones (excluding diaryl/α,β-unsaturated/α-hetero) is 1. The van der Waals surface area contributed by atoms with Crippen LogP contribution in [-0.4, -0.2) is 38.4 Å². The van der Waals surface area contributed by atoms with E-state index in [4.69, 9.17) is 9.47 Å². The van der Waals surface area contributed by atoms with E-state index in [0.717, 1.165) is 33.6 Å². The van der Waals surface area contributed by atoms with Gasteiger partial charge in [0.2, 0.25) is 0 Å². The van der Waals surface area contributed by atoms with Gasteiger partial charge in [0.05, 0.1) is 12.3 Å². The first-order chi connectivity index (χ1) is 13.5. The molecule has 0 saturated carbocycles. The number of ether oxygens (including phenoxy) is 2. The number of imidazole rings is 1. The number of aromatic nitrogens is 3. The average Bonchev–Trinajstić information content (AvgIpc) is 3.23. The lowest BCUT2D eigenvalue weighted by molar-refractivity contribution is 0.0777. The number of thioether (sulfide) groups is 1. The maximum absolute atomic E-state index is 12.8. The third kappa shape index (κ3) is 3.67. The van der Waals surface area contributed by atoms with E-state index in [1.165, 1.54) is 11.8 Å². The maximum atomic E-state index is 12.8. The summed E-state index contributed by atoms with van der Waals surface area (Å²) in [6.45, 7) is 5.15. The zero-order valence-electron chi connectivity index (χ0n) is 16.2. The molecular weight excluding hydrogens is 374 g/mol. The number of benzene rings is 1. The fourth-order valence-corrected chi connectivity index (χ4v) is 4.24. The van der Waals surface area contributed by atoms with Gasteiger partial charge in [0.15, 0.2) is 28.5 Å². The largest absolute Gasteiger partial charge is 0.486 e. The molecule has 1 aliphatic rings. The quantitative estimate of drug-likeness (QED) is 0.469. The Morgan fingerprint density at radius 1 is 1.29 bits per heavy atom. The molecule has 0 bridgehead atoms. The van der Waals surface area contributed by atoms with Crippen molar-refractivity contribution in [3.05, 3.63) is 59.7 Å². The molecule has 1 unspecified atom stereocenters. The molecule has 28 heavy (non-hydrogen) atoms. The summed E-state index contributed by atoms with van der Waals surface area (Å²) in [6.07, 6.45) is 3.52. The van der Waals surface area contributed by atoms with Crippen molar-refractivity contribution in [1.82, 2.24) is 14.1 Å². The molecule has 1 aromatic carbocycles. The van der Waals surface area contributed by atoms with Crippen molar-refractivity contribution in [3.63, 3.8) is 0 Å². The number of aryl methyl sites for hydroxylation is 2. The van der Waals surface area contributed by atoms with E-state index in [0.29, 0.717) is 18.9 Å². The number of rotatable bonds is 6. The molecular formula is C21H23N3O3S. The molecule has 0 saturated heterocycles. The second-order valence-corrected chi connectivity index (χ2v) is 7.87. The highest BCUT2D eigenvalue weighted by molar-refractivity contribution is 7.99. The van der Waals surface area contributed by atoms with Gasteiger partial charge in [0, 0.05) is 36.4 Å². The Balaban J connectivity index is 1.45. The summed E-state index contributed by atoms with van der Waals surface area (Å²) in [6, 6.07) is 9.67. The van der Waals surface area contributed by atoms with Crippen molar-refractivity contribution in [1.29, 1.82) is 0 Å². The molecule has 4 rings (SSSR count). The smallest absolute Gasteiger partial charge is 0.175 e. The topological polar surface area (TPSA) is 58.3 Å². The van der Waals surface area contributed by atoms with Gasteiger partial charge >= 0.3 is 0 Å². The van der Waals surface area contributed by atoms with Crippen molar-refractivity contribution in [2.75, 3.05) is 12.4 Å². The standard InChI is InChI=1S/C21H23N3O3S/c1-14-10-17(18(25)13-28-21-22-8-9-23(21)3)15(2)24(14)11-16-12-26-19-6-4-5-7-20(19)27-16/h4-10,16H,11-13H2,1-3H3. The number of carbonyl (C=O) groups is 1. The van der Waals surface area contributed by atoms with Crippen LogP contribution in [0.1, 0.15) is 21.7 Å². The first-order valence-electron chi connectivity index (χ1n) is 9.21. The first-order valence-corrected chi connectivity index (χ1v) is 10.2. The van der Waals surface area contributed by atoms with Gasteiger partial charge in [-0.05, 0) is 32.0 Å². The molecule has 3 heterocycles. The minimum absolute atomic E-state index is 0.0930. The van der Waals surface area contributed by atoms with E-state index in [9.17, 15) is 4.79 Å². The molecule has 0 spiro atoms. The third-order valence-corrected chi connectivity index (χ3v) is 6.00. The van der Waals surface area contributed by atoms with Crippen molar-refractivity contribution >= 4 is 17.5 Å². The molecule has 7 heteroatoms. The van der Waals surface area contributed by atoms with Crippen LogP contribution in [0.25, 0.3) is 0 Å². The van der Waals surface area contributed by atoms with Gasteiger partial charge in [-0.2, -0.15) is 0 Å². The lowest BCUT2D eigenvalue weighted by Crippen LogP contribution is -2.33. The predicted molar refractivity (Wildman–Crippen MR) is 109 cm³/mol. The van der Waals surface area contributed by atoms with E-state index >= 15 is 0 Å². The van der Waals surface area contributed by atoms with Gasteiger partial charge in [-0.3, -0.25) is 4.79 Å². The van der Waals surface area contributed by atoms with Gasteiger partial charge in [-0.15, -0.1) is 0 Å². The minimum atomic E-state index is -0.0930. The van der Waals surface area contributed by atoms with Gasteiger partial charge in [0.25, 0.3) is 0 Å². The van der Waals surface area contributed by atoms with Crippen LogP contribution in [0.3, 0.4) is 0 Å².